The van der Waals surface area contributed by atoms with Gasteiger partial charge in [-0.3, -0.25) is 4.79 Å². The van der Waals surface area contributed by atoms with E-state index in [0.717, 1.165) is 18.3 Å². The van der Waals surface area contributed by atoms with E-state index in [1.54, 1.807) is 12.1 Å². The maximum atomic E-state index is 12.8. The van der Waals surface area contributed by atoms with Crippen molar-refractivity contribution in [3.05, 3.63) is 72.2 Å². The van der Waals surface area contributed by atoms with Crippen LogP contribution in [0.25, 0.3) is 10.9 Å². The molecule has 2 heterocycles. The first kappa shape index (κ1) is 21.8. The minimum absolute atomic E-state index is 0.197. The number of fused-ring (bicyclic) bond motifs is 1. The van der Waals surface area contributed by atoms with Gasteiger partial charge in [0.1, 0.15) is 23.6 Å². The number of nitrogens with zero attached hydrogens (tertiary/aromatic N) is 3. The largest absolute Gasteiger partial charge is 0.495 e. The average molecular weight is 455 g/mol. The van der Waals surface area contributed by atoms with E-state index in [1.165, 1.54) is 37.7 Å². The predicted octanol–water partition coefficient (Wildman–Crippen LogP) is 4.68. The predicted molar refractivity (Wildman–Crippen MR) is 114 cm³/mol. The molecule has 4 rings (SSSR count). The number of nitrogen functional groups attached to an aromatic ring is 1. The summed E-state index contributed by atoms with van der Waals surface area (Å²) in [6.45, 7) is 0. The molecule has 0 aliphatic rings. The van der Waals surface area contributed by atoms with Gasteiger partial charge < -0.3 is 20.5 Å². The summed E-state index contributed by atoms with van der Waals surface area (Å²) >= 11 is 0. The zero-order chi connectivity index (χ0) is 23.6. The normalized spacial score (nSPS) is 11.3. The lowest BCUT2D eigenvalue weighted by Crippen LogP contribution is -2.14. The van der Waals surface area contributed by atoms with Crippen LogP contribution in [-0.2, 0) is 6.18 Å². The number of carbonyl (C=O) groups excluding carboxylic acids is 1. The highest BCUT2D eigenvalue weighted by molar-refractivity contribution is 6.03. The Hall–Kier alpha value is -4.41. The van der Waals surface area contributed by atoms with E-state index in [0.29, 0.717) is 28.1 Å². The third kappa shape index (κ3) is 4.76. The SMILES string of the molecule is COc1cc2ncnc(Oc3ccc(C(=O)Nc4cc(C(F)(F)F)ccn4)cc3)c2cc1N. The Morgan fingerprint density at radius 1 is 1.03 bits per heavy atom. The van der Waals surface area contributed by atoms with Gasteiger partial charge in [-0.05, 0) is 42.5 Å². The number of aromatic nitrogens is 3. The van der Waals surface area contributed by atoms with Gasteiger partial charge in [-0.15, -0.1) is 0 Å². The number of ether oxygens (including phenoxy) is 2. The third-order valence-corrected chi connectivity index (χ3v) is 4.61. The van der Waals surface area contributed by atoms with Crippen LogP contribution in [0.15, 0.2) is 61.1 Å². The molecule has 0 bridgehead atoms. The number of alkyl halides is 3. The van der Waals surface area contributed by atoms with Crippen LogP contribution in [0.1, 0.15) is 15.9 Å². The van der Waals surface area contributed by atoms with Crippen LogP contribution in [0.4, 0.5) is 24.7 Å². The van der Waals surface area contributed by atoms with Crippen molar-refractivity contribution >= 4 is 28.3 Å². The summed E-state index contributed by atoms with van der Waals surface area (Å²) in [5, 5.41) is 2.91. The van der Waals surface area contributed by atoms with Gasteiger partial charge in [-0.2, -0.15) is 13.2 Å². The van der Waals surface area contributed by atoms with Gasteiger partial charge >= 0.3 is 6.18 Å². The topological polar surface area (TPSA) is 112 Å². The van der Waals surface area contributed by atoms with E-state index in [-0.39, 0.29) is 17.3 Å². The van der Waals surface area contributed by atoms with Crippen molar-refractivity contribution in [3.63, 3.8) is 0 Å². The molecule has 8 nitrogen and oxygen atoms in total. The Kier molecular flexibility index (Phi) is 5.69. The lowest BCUT2D eigenvalue weighted by molar-refractivity contribution is -0.137. The van der Waals surface area contributed by atoms with Crippen LogP contribution >= 0.6 is 0 Å². The molecular weight excluding hydrogens is 439 g/mol. The number of pyridine rings is 1. The van der Waals surface area contributed by atoms with Crippen LogP contribution in [0, 0.1) is 0 Å². The van der Waals surface area contributed by atoms with Crippen LogP contribution in [0.2, 0.25) is 0 Å². The average Bonchev–Trinajstić information content (AvgIpc) is 2.79. The minimum atomic E-state index is -4.54. The van der Waals surface area contributed by atoms with Gasteiger partial charge in [0, 0.05) is 17.8 Å². The number of rotatable bonds is 5. The second-order valence-corrected chi connectivity index (χ2v) is 6.80. The summed E-state index contributed by atoms with van der Waals surface area (Å²) in [6.07, 6.45) is -2.23. The van der Waals surface area contributed by atoms with Crippen molar-refractivity contribution in [2.75, 3.05) is 18.2 Å². The summed E-state index contributed by atoms with van der Waals surface area (Å²) in [7, 11) is 1.50. The number of halogens is 3. The summed E-state index contributed by atoms with van der Waals surface area (Å²) in [4.78, 5) is 24.5. The Morgan fingerprint density at radius 2 is 1.79 bits per heavy atom. The van der Waals surface area contributed by atoms with Crippen LogP contribution in [0.3, 0.4) is 0 Å². The van der Waals surface area contributed by atoms with Gasteiger partial charge in [0.05, 0.1) is 29.3 Å². The van der Waals surface area contributed by atoms with Crippen LogP contribution in [-0.4, -0.2) is 28.0 Å². The second kappa shape index (κ2) is 8.61. The molecule has 2 aromatic carbocycles. The molecule has 0 radical (unpaired) electrons. The number of nitrogens with one attached hydrogen (secondary N) is 1. The highest BCUT2D eigenvalue weighted by Crippen LogP contribution is 2.33. The minimum Gasteiger partial charge on any atom is -0.495 e. The highest BCUT2D eigenvalue weighted by Gasteiger charge is 2.30. The molecule has 0 saturated heterocycles. The lowest BCUT2D eigenvalue weighted by atomic mass is 10.2. The van der Waals surface area contributed by atoms with Gasteiger partial charge in [0.15, 0.2) is 0 Å². The lowest BCUT2D eigenvalue weighted by Gasteiger charge is -2.11. The van der Waals surface area contributed by atoms with Crippen molar-refractivity contribution in [3.8, 4) is 17.4 Å². The molecule has 0 atom stereocenters. The smallest absolute Gasteiger partial charge is 0.416 e. The molecule has 3 N–H and O–H groups in total. The number of methoxy groups -OCH3 is 1. The van der Waals surface area contributed by atoms with Crippen molar-refractivity contribution in [2.24, 2.45) is 0 Å². The monoisotopic (exact) mass is 455 g/mol. The summed E-state index contributed by atoms with van der Waals surface area (Å²) in [5.74, 6) is 0.256. The van der Waals surface area contributed by atoms with Gasteiger partial charge in [0.25, 0.3) is 5.91 Å². The zero-order valence-corrected chi connectivity index (χ0v) is 17.1. The van der Waals surface area contributed by atoms with Gasteiger partial charge in [0.2, 0.25) is 5.88 Å². The number of benzene rings is 2. The van der Waals surface area contributed by atoms with E-state index < -0.39 is 17.6 Å². The summed E-state index contributed by atoms with van der Waals surface area (Å²) in [6, 6.07) is 10.8. The first-order valence-electron chi connectivity index (χ1n) is 9.45. The Balaban J connectivity index is 1.51. The number of hydrogen-bond acceptors (Lipinski definition) is 7. The number of nitrogens with two attached hydrogens (primary N) is 1. The summed E-state index contributed by atoms with van der Waals surface area (Å²) in [5.41, 5.74) is 6.20. The van der Waals surface area contributed by atoms with Crippen molar-refractivity contribution in [2.45, 2.75) is 6.18 Å². The van der Waals surface area contributed by atoms with E-state index in [2.05, 4.69) is 20.3 Å². The molecule has 0 spiro atoms. The molecule has 4 aromatic rings. The fraction of sp³-hybridized carbons (Fsp3) is 0.0909. The van der Waals surface area contributed by atoms with Gasteiger partial charge in [-0.1, -0.05) is 0 Å². The fourth-order valence-electron chi connectivity index (χ4n) is 2.98. The molecule has 33 heavy (non-hydrogen) atoms. The number of carbonyl (C=O) groups is 1. The number of amides is 1. The van der Waals surface area contributed by atoms with Crippen molar-refractivity contribution in [1.29, 1.82) is 0 Å². The van der Waals surface area contributed by atoms with Crippen molar-refractivity contribution in [1.82, 2.24) is 15.0 Å². The number of anilines is 2. The molecule has 2 aromatic heterocycles. The zero-order valence-electron chi connectivity index (χ0n) is 17.1. The third-order valence-electron chi connectivity index (χ3n) is 4.61. The molecule has 11 heteroatoms. The Morgan fingerprint density at radius 3 is 2.48 bits per heavy atom. The van der Waals surface area contributed by atoms with E-state index >= 15 is 0 Å². The van der Waals surface area contributed by atoms with Crippen molar-refractivity contribution < 1.29 is 27.4 Å². The molecule has 168 valence electrons. The highest BCUT2D eigenvalue weighted by atomic mass is 19.4. The molecule has 0 aliphatic carbocycles. The van der Waals surface area contributed by atoms with Crippen LogP contribution in [0.5, 0.6) is 17.4 Å². The van der Waals surface area contributed by atoms with E-state index in [1.807, 2.05) is 0 Å². The fourth-order valence-corrected chi connectivity index (χ4v) is 2.98. The molecule has 0 saturated carbocycles. The first-order chi connectivity index (χ1) is 15.7. The standard InChI is InChI=1S/C22H16F3N5O3/c1-32-18-10-17-15(9-16(18)26)21(29-11-28-17)33-14-4-2-12(3-5-14)20(31)30-19-8-13(6-7-27-19)22(23,24)25/h2-11H,26H2,1H3,(H,27,30,31). The molecule has 0 aliphatic heterocycles. The van der Waals surface area contributed by atoms with E-state index in [4.69, 9.17) is 15.2 Å². The Bertz CT molecular complexity index is 1330. The molecule has 1 amide bonds. The molecular formula is C22H16F3N5O3. The number of hydrogen-bond donors (Lipinski definition) is 2. The van der Waals surface area contributed by atoms with E-state index in [9.17, 15) is 18.0 Å². The van der Waals surface area contributed by atoms with Gasteiger partial charge in [-0.25, -0.2) is 15.0 Å². The quantitative estimate of drug-likeness (QED) is 0.420. The molecule has 0 unspecified atom stereocenters. The first-order valence-corrected chi connectivity index (χ1v) is 9.45. The molecule has 0 fully saturated rings. The maximum absolute atomic E-state index is 12.8. The van der Waals surface area contributed by atoms with Crippen LogP contribution < -0.4 is 20.5 Å². The Labute approximate surface area is 185 Å². The maximum Gasteiger partial charge on any atom is 0.416 e. The summed E-state index contributed by atoms with van der Waals surface area (Å²) < 4.78 is 49.5. The second-order valence-electron chi connectivity index (χ2n) is 6.80.